The molecule has 19 heavy (non-hydrogen) atoms. The summed E-state index contributed by atoms with van der Waals surface area (Å²) in [4.78, 5) is 0. The zero-order valence-corrected chi connectivity index (χ0v) is 12.0. The number of aryl methyl sites for hydroxylation is 1. The van der Waals surface area contributed by atoms with E-state index in [0.717, 1.165) is 10.0 Å². The third-order valence-corrected chi connectivity index (χ3v) is 4.07. The number of ether oxygens (including phenoxy) is 1. The van der Waals surface area contributed by atoms with Crippen LogP contribution in [-0.4, -0.2) is 28.0 Å². The number of benzene rings is 1. The molecule has 0 spiro atoms. The molecule has 1 aliphatic rings. The van der Waals surface area contributed by atoms with Crippen LogP contribution in [0.3, 0.4) is 0 Å². The lowest BCUT2D eigenvalue weighted by Gasteiger charge is -2.43. The van der Waals surface area contributed by atoms with E-state index in [9.17, 15) is 4.39 Å². The van der Waals surface area contributed by atoms with Gasteiger partial charge in [-0.15, -0.1) is 10.2 Å². The van der Waals surface area contributed by atoms with E-state index in [0.29, 0.717) is 19.0 Å². The summed E-state index contributed by atoms with van der Waals surface area (Å²) in [6.45, 7) is 0.717. The summed E-state index contributed by atoms with van der Waals surface area (Å²) < 4.78 is 22.8. The maximum absolute atomic E-state index is 14.9. The molecule has 2 aromatic rings. The van der Waals surface area contributed by atoms with Crippen molar-refractivity contribution in [1.29, 1.82) is 0 Å². The smallest absolute Gasteiger partial charge is 0.174 e. The van der Waals surface area contributed by atoms with Crippen LogP contribution < -0.4 is 0 Å². The van der Waals surface area contributed by atoms with Gasteiger partial charge < -0.3 is 9.30 Å². The van der Waals surface area contributed by atoms with Gasteiger partial charge in [-0.1, -0.05) is 28.1 Å². The zero-order valence-electron chi connectivity index (χ0n) is 10.4. The fourth-order valence-corrected chi connectivity index (χ4v) is 2.75. The highest BCUT2D eigenvalue weighted by Gasteiger charge is 2.50. The Balaban J connectivity index is 2.02. The van der Waals surface area contributed by atoms with Gasteiger partial charge in [0.15, 0.2) is 12.0 Å². The Hall–Kier alpha value is -1.27. The summed E-state index contributed by atoms with van der Waals surface area (Å²) in [5.41, 5.74) is 0.258. The summed E-state index contributed by atoms with van der Waals surface area (Å²) in [6.07, 6.45) is 0.277. The summed E-state index contributed by atoms with van der Waals surface area (Å²) in [7, 11) is 1.75. The Morgan fingerprint density at radius 2 is 2.26 bits per heavy atom. The molecule has 0 N–H and O–H groups in total. The minimum absolute atomic E-state index is 0.336. The van der Waals surface area contributed by atoms with Crippen molar-refractivity contribution in [2.75, 3.05) is 13.2 Å². The quantitative estimate of drug-likeness (QED) is 0.870. The maximum Gasteiger partial charge on any atom is 0.174 e. The number of hydrogen-bond acceptors (Lipinski definition) is 3. The molecule has 1 saturated heterocycles. The first-order chi connectivity index (χ1) is 9.13. The third kappa shape index (κ3) is 1.99. The SMILES string of the molecule is Cn1cnnc1C(F)C1(c2cccc(Br)c2)COC1. The molecule has 2 heterocycles. The second-order valence-corrected chi connectivity index (χ2v) is 5.74. The molecular formula is C13H13BrFN3O. The van der Waals surface area contributed by atoms with Crippen molar-refractivity contribution >= 4 is 15.9 Å². The highest BCUT2D eigenvalue weighted by atomic mass is 79.9. The molecule has 1 aliphatic heterocycles. The van der Waals surface area contributed by atoms with Crippen LogP contribution in [0.5, 0.6) is 0 Å². The average molecular weight is 326 g/mol. The monoisotopic (exact) mass is 325 g/mol. The van der Waals surface area contributed by atoms with Gasteiger partial charge in [0.25, 0.3) is 0 Å². The lowest BCUT2D eigenvalue weighted by molar-refractivity contribution is -0.102. The van der Waals surface area contributed by atoms with Crippen molar-refractivity contribution in [3.8, 4) is 0 Å². The fraction of sp³-hybridized carbons (Fsp3) is 0.385. The minimum atomic E-state index is -1.23. The molecule has 0 radical (unpaired) electrons. The summed E-state index contributed by atoms with van der Waals surface area (Å²) in [5.74, 6) is 0.336. The van der Waals surface area contributed by atoms with Gasteiger partial charge >= 0.3 is 0 Å². The lowest BCUT2D eigenvalue weighted by atomic mass is 9.74. The summed E-state index contributed by atoms with van der Waals surface area (Å²) in [6, 6.07) is 7.69. The molecule has 0 aliphatic carbocycles. The van der Waals surface area contributed by atoms with Crippen molar-refractivity contribution in [1.82, 2.24) is 14.8 Å². The van der Waals surface area contributed by atoms with Crippen molar-refractivity contribution in [3.05, 3.63) is 46.5 Å². The lowest BCUT2D eigenvalue weighted by Crippen LogP contribution is -2.50. The molecule has 4 nitrogen and oxygen atoms in total. The van der Waals surface area contributed by atoms with Crippen LogP contribution in [0.4, 0.5) is 4.39 Å². The number of halogens is 2. The molecule has 1 unspecified atom stereocenters. The molecule has 0 bridgehead atoms. The summed E-state index contributed by atoms with van der Waals surface area (Å²) in [5, 5.41) is 7.63. The van der Waals surface area contributed by atoms with Crippen LogP contribution >= 0.6 is 15.9 Å². The maximum atomic E-state index is 14.9. The van der Waals surface area contributed by atoms with Gasteiger partial charge in [-0.3, -0.25) is 0 Å². The van der Waals surface area contributed by atoms with E-state index < -0.39 is 11.6 Å². The number of hydrogen-bond donors (Lipinski definition) is 0. The Morgan fingerprint density at radius 1 is 1.47 bits per heavy atom. The van der Waals surface area contributed by atoms with Gasteiger partial charge in [0.1, 0.15) is 6.33 Å². The zero-order chi connectivity index (χ0) is 13.5. The van der Waals surface area contributed by atoms with Crippen molar-refractivity contribution in [2.45, 2.75) is 11.6 Å². The highest BCUT2D eigenvalue weighted by molar-refractivity contribution is 9.10. The van der Waals surface area contributed by atoms with Crippen LogP contribution in [0.2, 0.25) is 0 Å². The number of nitrogens with zero attached hydrogens (tertiary/aromatic N) is 3. The van der Waals surface area contributed by atoms with Gasteiger partial charge in [0, 0.05) is 11.5 Å². The fourth-order valence-electron chi connectivity index (χ4n) is 2.35. The van der Waals surface area contributed by atoms with Crippen LogP contribution in [0.25, 0.3) is 0 Å². The van der Waals surface area contributed by atoms with Crippen LogP contribution in [0.1, 0.15) is 17.6 Å². The van der Waals surface area contributed by atoms with E-state index in [2.05, 4.69) is 26.1 Å². The number of rotatable bonds is 3. The minimum Gasteiger partial charge on any atom is -0.379 e. The first kappa shape index (κ1) is 12.7. The van der Waals surface area contributed by atoms with E-state index in [-0.39, 0.29) is 0 Å². The molecular weight excluding hydrogens is 313 g/mol. The van der Waals surface area contributed by atoms with Gasteiger partial charge in [-0.2, -0.15) is 0 Å². The van der Waals surface area contributed by atoms with E-state index in [1.54, 1.807) is 11.6 Å². The summed E-state index contributed by atoms with van der Waals surface area (Å²) >= 11 is 3.42. The second kappa shape index (κ2) is 4.68. The van der Waals surface area contributed by atoms with Gasteiger partial charge in [0.05, 0.1) is 18.6 Å². The van der Waals surface area contributed by atoms with Crippen molar-refractivity contribution in [2.24, 2.45) is 7.05 Å². The second-order valence-electron chi connectivity index (χ2n) is 4.82. The van der Waals surface area contributed by atoms with Crippen LogP contribution in [-0.2, 0) is 17.2 Å². The topological polar surface area (TPSA) is 39.9 Å². The van der Waals surface area contributed by atoms with Crippen molar-refractivity contribution in [3.63, 3.8) is 0 Å². The Kier molecular flexibility index (Phi) is 3.14. The molecule has 1 atom stereocenters. The number of aromatic nitrogens is 3. The first-order valence-electron chi connectivity index (χ1n) is 5.95. The van der Waals surface area contributed by atoms with Gasteiger partial charge in [0.2, 0.25) is 0 Å². The predicted molar refractivity (Wildman–Crippen MR) is 71.5 cm³/mol. The first-order valence-corrected chi connectivity index (χ1v) is 6.74. The van der Waals surface area contributed by atoms with E-state index >= 15 is 0 Å². The molecule has 3 rings (SSSR count). The van der Waals surface area contributed by atoms with E-state index in [4.69, 9.17) is 4.74 Å². The molecule has 1 fully saturated rings. The van der Waals surface area contributed by atoms with E-state index in [1.807, 2.05) is 24.3 Å². The molecule has 6 heteroatoms. The molecule has 1 aromatic heterocycles. The van der Waals surface area contributed by atoms with Crippen LogP contribution in [0.15, 0.2) is 35.1 Å². The molecule has 100 valence electrons. The molecule has 1 aromatic carbocycles. The Labute approximate surface area is 118 Å². The Morgan fingerprint density at radius 3 is 2.79 bits per heavy atom. The van der Waals surface area contributed by atoms with Gasteiger partial charge in [-0.25, -0.2) is 4.39 Å². The van der Waals surface area contributed by atoms with Gasteiger partial charge in [-0.05, 0) is 17.7 Å². The van der Waals surface area contributed by atoms with Crippen LogP contribution in [0, 0.1) is 0 Å². The number of alkyl halides is 1. The van der Waals surface area contributed by atoms with E-state index in [1.165, 1.54) is 6.33 Å². The predicted octanol–water partition coefficient (Wildman–Crippen LogP) is 2.56. The standard InChI is InChI=1S/C13H13BrFN3O/c1-18-8-16-17-12(18)11(15)13(6-19-7-13)9-3-2-4-10(14)5-9/h2-5,8,11H,6-7H2,1H3. The molecule has 0 saturated carbocycles. The Bertz CT molecular complexity index is 597. The average Bonchev–Trinajstić information content (AvgIpc) is 2.74. The third-order valence-electron chi connectivity index (χ3n) is 3.58. The normalized spacial score (nSPS) is 18.9. The highest BCUT2D eigenvalue weighted by Crippen LogP contribution is 2.45. The largest absolute Gasteiger partial charge is 0.379 e. The van der Waals surface area contributed by atoms with Crippen molar-refractivity contribution < 1.29 is 9.13 Å². The molecule has 0 amide bonds.